The first-order chi connectivity index (χ1) is 17.4. The smallest absolute Gasteiger partial charge is 0.308 e. The molecule has 1 aliphatic rings. The first-order valence-electron chi connectivity index (χ1n) is 11.4. The van der Waals surface area contributed by atoms with Crippen LogP contribution in [0.15, 0.2) is 36.4 Å². The third kappa shape index (κ3) is 9.31. The third-order valence-electron chi connectivity index (χ3n) is 6.36. The lowest BCUT2D eigenvalue weighted by molar-refractivity contribution is -0.145. The highest BCUT2D eigenvalue weighted by Crippen LogP contribution is 2.39. The van der Waals surface area contributed by atoms with Gasteiger partial charge in [0, 0.05) is 25.2 Å². The molecule has 1 saturated carbocycles. The van der Waals surface area contributed by atoms with Crippen molar-refractivity contribution in [1.82, 2.24) is 10.6 Å². The Kier molecular flexibility index (Phi) is 12.1. The molecule has 2 N–H and O–H groups in total. The van der Waals surface area contributed by atoms with Gasteiger partial charge in [-0.05, 0) is 48.2 Å². The van der Waals surface area contributed by atoms with Crippen LogP contribution < -0.4 is 10.6 Å². The fourth-order valence-corrected chi connectivity index (χ4v) is 4.44. The Hall–Kier alpha value is -1.90. The summed E-state index contributed by atoms with van der Waals surface area (Å²) in [7, 11) is 0. The molecule has 0 radical (unpaired) electrons. The molecule has 0 aromatic heterocycles. The van der Waals surface area contributed by atoms with Gasteiger partial charge >= 0.3 is 24.7 Å². The van der Waals surface area contributed by atoms with E-state index in [-0.39, 0.29) is 36.9 Å². The molecular weight excluding hydrogens is 615 g/mol. The van der Waals surface area contributed by atoms with Crippen molar-refractivity contribution in [2.24, 2.45) is 0 Å². The molecule has 40 heavy (non-hydrogen) atoms. The number of hydrogen-bond donors (Lipinski definition) is 2. The SMILES string of the molecule is Cl.Cl.FC(F)(F)c1ccc(CNC2CCCCC2NCc2ccc(C(F)(F)F)cc2C(F)(F)F)c(C(F)(F)F)c1. The molecule has 0 amide bonds. The van der Waals surface area contributed by atoms with Crippen LogP contribution in [-0.2, 0) is 37.8 Å². The Bertz CT molecular complexity index is 1020. The molecular formula is C24H24Cl2F12N2. The summed E-state index contributed by atoms with van der Waals surface area (Å²) in [5.74, 6) is 0. The zero-order chi connectivity index (χ0) is 28.5. The highest BCUT2D eigenvalue weighted by Gasteiger charge is 2.39. The fourth-order valence-electron chi connectivity index (χ4n) is 4.44. The first-order valence-corrected chi connectivity index (χ1v) is 11.4. The van der Waals surface area contributed by atoms with Crippen LogP contribution in [0.4, 0.5) is 52.7 Å². The molecule has 2 atom stereocenters. The van der Waals surface area contributed by atoms with Gasteiger partial charge in [0.2, 0.25) is 0 Å². The molecule has 1 fully saturated rings. The van der Waals surface area contributed by atoms with E-state index in [4.69, 9.17) is 0 Å². The van der Waals surface area contributed by atoms with Gasteiger partial charge in [-0.3, -0.25) is 0 Å². The van der Waals surface area contributed by atoms with Gasteiger partial charge < -0.3 is 10.6 Å². The van der Waals surface area contributed by atoms with Crippen LogP contribution in [-0.4, -0.2) is 12.1 Å². The van der Waals surface area contributed by atoms with Crippen LogP contribution in [0.5, 0.6) is 0 Å². The average Bonchev–Trinajstić information content (AvgIpc) is 2.79. The van der Waals surface area contributed by atoms with Crippen LogP contribution in [0.25, 0.3) is 0 Å². The van der Waals surface area contributed by atoms with Crippen molar-refractivity contribution in [2.45, 2.75) is 75.6 Å². The Morgan fingerprint density at radius 1 is 0.525 bits per heavy atom. The number of rotatable bonds is 6. The van der Waals surface area contributed by atoms with Crippen molar-refractivity contribution >= 4 is 24.8 Å². The Morgan fingerprint density at radius 3 is 1.12 bits per heavy atom. The minimum absolute atomic E-state index is 0. The predicted molar refractivity (Wildman–Crippen MR) is 127 cm³/mol. The molecule has 1 aliphatic carbocycles. The molecule has 2 aromatic carbocycles. The minimum atomic E-state index is -5.06. The van der Waals surface area contributed by atoms with E-state index in [1.807, 2.05) is 0 Å². The van der Waals surface area contributed by atoms with E-state index in [9.17, 15) is 52.7 Å². The lowest BCUT2D eigenvalue weighted by Gasteiger charge is -2.34. The Labute approximate surface area is 233 Å². The number of hydrogen-bond acceptors (Lipinski definition) is 2. The summed E-state index contributed by atoms with van der Waals surface area (Å²) < 4.78 is 158. The number of benzene rings is 2. The van der Waals surface area contributed by atoms with E-state index < -0.39 is 83.3 Å². The van der Waals surface area contributed by atoms with Gasteiger partial charge in [0.25, 0.3) is 0 Å². The molecule has 3 rings (SSSR count). The van der Waals surface area contributed by atoms with E-state index in [2.05, 4.69) is 10.6 Å². The molecule has 0 heterocycles. The van der Waals surface area contributed by atoms with Crippen molar-refractivity contribution < 1.29 is 52.7 Å². The van der Waals surface area contributed by atoms with Crippen molar-refractivity contribution in [1.29, 1.82) is 0 Å². The summed E-state index contributed by atoms with van der Waals surface area (Å²) in [5, 5.41) is 5.71. The van der Waals surface area contributed by atoms with Crippen LogP contribution in [0, 0.1) is 0 Å². The van der Waals surface area contributed by atoms with Gasteiger partial charge in [-0.15, -0.1) is 24.8 Å². The summed E-state index contributed by atoms with van der Waals surface area (Å²) in [4.78, 5) is 0. The summed E-state index contributed by atoms with van der Waals surface area (Å²) in [5.41, 5.74) is -6.70. The van der Waals surface area contributed by atoms with Crippen LogP contribution in [0.1, 0.15) is 59.1 Å². The summed E-state index contributed by atoms with van der Waals surface area (Å²) >= 11 is 0. The molecule has 0 spiro atoms. The molecule has 16 heteroatoms. The average molecular weight is 639 g/mol. The largest absolute Gasteiger partial charge is 0.416 e. The van der Waals surface area contributed by atoms with E-state index in [0.29, 0.717) is 37.8 Å². The third-order valence-corrected chi connectivity index (χ3v) is 6.36. The van der Waals surface area contributed by atoms with Crippen LogP contribution in [0.3, 0.4) is 0 Å². The summed E-state index contributed by atoms with van der Waals surface area (Å²) in [6.07, 6.45) is -17.9. The van der Waals surface area contributed by atoms with Gasteiger partial charge in [0.15, 0.2) is 0 Å². The highest BCUT2D eigenvalue weighted by atomic mass is 35.5. The molecule has 228 valence electrons. The first kappa shape index (κ1) is 36.1. The van der Waals surface area contributed by atoms with E-state index in [1.54, 1.807) is 0 Å². The van der Waals surface area contributed by atoms with Gasteiger partial charge in [0.1, 0.15) is 0 Å². The maximum atomic E-state index is 13.4. The maximum absolute atomic E-state index is 13.4. The van der Waals surface area contributed by atoms with Gasteiger partial charge in [-0.1, -0.05) is 25.0 Å². The normalized spacial score (nSPS) is 18.6. The zero-order valence-electron chi connectivity index (χ0n) is 20.2. The minimum Gasteiger partial charge on any atom is -0.308 e. The van der Waals surface area contributed by atoms with Crippen molar-refractivity contribution in [3.05, 3.63) is 69.8 Å². The van der Waals surface area contributed by atoms with E-state index in [1.165, 1.54) is 0 Å². The van der Waals surface area contributed by atoms with Crippen molar-refractivity contribution in [3.8, 4) is 0 Å². The Morgan fingerprint density at radius 2 is 0.850 bits per heavy atom. The summed E-state index contributed by atoms with van der Waals surface area (Å²) in [6, 6.07) is 1.47. The topological polar surface area (TPSA) is 24.1 Å². The molecule has 0 aliphatic heterocycles. The van der Waals surface area contributed by atoms with Crippen molar-refractivity contribution in [2.75, 3.05) is 0 Å². The maximum Gasteiger partial charge on any atom is 0.416 e. The number of halogens is 14. The molecule has 0 saturated heterocycles. The van der Waals surface area contributed by atoms with Gasteiger partial charge in [-0.25, -0.2) is 0 Å². The quantitative estimate of drug-likeness (QED) is 0.309. The van der Waals surface area contributed by atoms with Crippen LogP contribution >= 0.6 is 24.8 Å². The molecule has 2 unspecified atom stereocenters. The van der Waals surface area contributed by atoms with Crippen LogP contribution in [0.2, 0.25) is 0 Å². The number of nitrogens with one attached hydrogen (secondary N) is 2. The Balaban J connectivity index is 0.00000400. The van der Waals surface area contributed by atoms with E-state index in [0.717, 1.165) is 12.1 Å². The molecule has 2 nitrogen and oxygen atoms in total. The number of alkyl halides is 12. The summed E-state index contributed by atoms with van der Waals surface area (Å²) in [6.45, 7) is -0.909. The monoisotopic (exact) mass is 638 g/mol. The second-order valence-corrected chi connectivity index (χ2v) is 8.99. The fraction of sp³-hybridized carbons (Fsp3) is 0.500. The van der Waals surface area contributed by atoms with E-state index >= 15 is 0 Å². The second kappa shape index (κ2) is 13.4. The molecule has 0 bridgehead atoms. The standard InChI is InChI=1S/C24H22F12N2.2ClH/c25-21(26,27)15-7-5-13(17(9-15)23(31,32)33)11-37-19-3-1-2-4-20(19)38-12-14-6-8-16(22(28,29)30)10-18(14)24(34,35)36;;/h5-10,19-20,37-38H,1-4,11-12H2;2*1H. The second-order valence-electron chi connectivity index (χ2n) is 8.99. The lowest BCUT2D eigenvalue weighted by Crippen LogP contribution is -2.49. The van der Waals surface area contributed by atoms with Gasteiger partial charge in [0.05, 0.1) is 22.3 Å². The lowest BCUT2D eigenvalue weighted by atomic mass is 9.89. The molecule has 2 aromatic rings. The predicted octanol–water partition coefficient (Wildman–Crippen LogP) is 8.80. The van der Waals surface area contributed by atoms with Gasteiger partial charge in [-0.2, -0.15) is 52.7 Å². The highest BCUT2D eigenvalue weighted by molar-refractivity contribution is 5.85. The zero-order valence-corrected chi connectivity index (χ0v) is 21.8. The van der Waals surface area contributed by atoms with Crippen molar-refractivity contribution in [3.63, 3.8) is 0 Å².